The van der Waals surface area contributed by atoms with Gasteiger partial charge in [0.25, 0.3) is 0 Å². The molecule has 0 radical (unpaired) electrons. The molecule has 0 spiro atoms. The Bertz CT molecular complexity index is 1820. The minimum atomic E-state index is 0.453. The molecule has 12 nitrogen and oxygen atoms in total. The van der Waals surface area contributed by atoms with Crippen molar-refractivity contribution in [1.82, 2.24) is 34.7 Å². The number of piperazine rings is 1. The number of nitrogens with zero attached hydrogens (tertiary/aromatic N) is 9. The number of aromatic nitrogens is 5. The Kier molecular flexibility index (Phi) is 8.93. The summed E-state index contributed by atoms with van der Waals surface area (Å²) in [4.78, 5) is 31.2. The molecule has 14 heteroatoms. The third kappa shape index (κ3) is 6.21. The molecule has 7 rings (SSSR count). The highest BCUT2D eigenvalue weighted by molar-refractivity contribution is 7.99. The number of anilines is 6. The van der Waals surface area contributed by atoms with Gasteiger partial charge in [-0.15, -0.1) is 11.3 Å². The molecule has 6 heterocycles. The van der Waals surface area contributed by atoms with Gasteiger partial charge in [0.2, 0.25) is 11.8 Å². The molecule has 0 bridgehead atoms. The molecule has 0 saturated carbocycles. The summed E-state index contributed by atoms with van der Waals surface area (Å²) >= 11 is 3.20. The van der Waals surface area contributed by atoms with Gasteiger partial charge in [-0.3, -0.25) is 14.9 Å². The molecular formula is C32H39N11OS2. The number of hydrogen-bond donors (Lipinski definition) is 2. The number of ether oxygens (including phenoxy) is 1. The van der Waals surface area contributed by atoms with E-state index in [9.17, 15) is 0 Å². The van der Waals surface area contributed by atoms with E-state index in [2.05, 4.69) is 52.7 Å². The van der Waals surface area contributed by atoms with Gasteiger partial charge in [-0.05, 0) is 55.6 Å². The van der Waals surface area contributed by atoms with Crippen molar-refractivity contribution in [3.63, 3.8) is 0 Å². The van der Waals surface area contributed by atoms with Gasteiger partial charge in [0.1, 0.15) is 17.0 Å². The van der Waals surface area contributed by atoms with Crippen LogP contribution < -0.4 is 24.6 Å². The van der Waals surface area contributed by atoms with Crippen LogP contribution in [-0.2, 0) is 0 Å². The van der Waals surface area contributed by atoms with Crippen LogP contribution in [0.4, 0.5) is 34.6 Å². The zero-order valence-corrected chi connectivity index (χ0v) is 28.2. The summed E-state index contributed by atoms with van der Waals surface area (Å²) in [5.41, 5.74) is 5.02. The first-order valence-corrected chi connectivity index (χ1v) is 17.6. The Morgan fingerprint density at radius 1 is 0.891 bits per heavy atom. The normalized spacial score (nSPS) is 16.7. The number of nitrogens with one attached hydrogen (secondary N) is 2. The van der Waals surface area contributed by atoms with E-state index in [0.29, 0.717) is 29.4 Å². The van der Waals surface area contributed by atoms with Gasteiger partial charge < -0.3 is 29.5 Å². The van der Waals surface area contributed by atoms with E-state index in [1.165, 1.54) is 0 Å². The maximum Gasteiger partial charge on any atom is 0.239 e. The molecule has 0 aliphatic carbocycles. The quantitative estimate of drug-likeness (QED) is 0.196. The molecule has 4 aromatic heterocycles. The van der Waals surface area contributed by atoms with Crippen molar-refractivity contribution in [2.45, 2.75) is 18.9 Å². The lowest BCUT2D eigenvalue weighted by molar-refractivity contribution is 0.0981. The molecule has 0 atom stereocenters. The number of methoxy groups -OCH3 is 1. The van der Waals surface area contributed by atoms with E-state index >= 15 is 0 Å². The maximum atomic E-state index is 5.77. The number of fused-ring (bicyclic) bond motifs is 2. The molecule has 1 aromatic carbocycles. The lowest BCUT2D eigenvalue weighted by atomic mass is 10.0. The van der Waals surface area contributed by atoms with Crippen LogP contribution in [0.2, 0.25) is 0 Å². The second kappa shape index (κ2) is 13.4. The lowest BCUT2D eigenvalue weighted by Gasteiger charge is -2.42. The fourth-order valence-electron chi connectivity index (χ4n) is 6.29. The molecule has 5 aromatic rings. The fraction of sp³-hybridized carbons (Fsp3) is 0.406. The molecule has 2 fully saturated rings. The predicted octanol–water partition coefficient (Wildman–Crippen LogP) is 5.46. The van der Waals surface area contributed by atoms with Crippen LogP contribution in [0, 0.1) is 0 Å². The van der Waals surface area contributed by atoms with Crippen LogP contribution in [-0.4, -0.2) is 107 Å². The number of likely N-dealkylation sites (N-methyl/N-ethyl adjacent to an activating group) is 1. The predicted molar refractivity (Wildman–Crippen MR) is 191 cm³/mol. The van der Waals surface area contributed by atoms with E-state index < -0.39 is 0 Å². The monoisotopic (exact) mass is 657 g/mol. The van der Waals surface area contributed by atoms with Gasteiger partial charge in [-0.1, -0.05) is 11.9 Å². The summed E-state index contributed by atoms with van der Waals surface area (Å²) < 4.78 is 8.81. The van der Waals surface area contributed by atoms with E-state index in [4.69, 9.17) is 19.7 Å². The van der Waals surface area contributed by atoms with Crippen LogP contribution in [0.5, 0.6) is 5.88 Å². The second-order valence-electron chi connectivity index (χ2n) is 11.6. The average molecular weight is 658 g/mol. The number of thiophene rings is 1. The second-order valence-corrected chi connectivity index (χ2v) is 13.5. The van der Waals surface area contributed by atoms with Gasteiger partial charge in [0.15, 0.2) is 5.82 Å². The summed E-state index contributed by atoms with van der Waals surface area (Å²) in [7, 11) is 5.88. The first-order chi connectivity index (χ1) is 22.5. The highest BCUT2D eigenvalue weighted by Gasteiger charge is 2.27. The van der Waals surface area contributed by atoms with Crippen LogP contribution in [0.25, 0.3) is 21.3 Å². The standard InChI is InChI=1S/C32H39N11OS2/c1-40-16-18-42(19-17-40)21-9-14-43(15-10-21)26-8-7-25(31(38-26)44-3)37-32-36-24-11-20-46-29(24)30(39-32)35-23-6-5-22-27(34-13-12-33-22)28(23)41(2)45-4/h5-8,11-13,20-21H,9-10,14-19H2,1-4H3,(H2,35,36,37,39). The lowest BCUT2D eigenvalue weighted by Crippen LogP contribution is -2.52. The Labute approximate surface area is 277 Å². The summed E-state index contributed by atoms with van der Waals surface area (Å²) in [5, 5.41) is 8.99. The molecule has 2 N–H and O–H groups in total. The minimum absolute atomic E-state index is 0.453. The highest BCUT2D eigenvalue weighted by Crippen LogP contribution is 2.39. The molecule has 240 valence electrons. The van der Waals surface area contributed by atoms with Crippen molar-refractivity contribution in [3.8, 4) is 5.88 Å². The number of rotatable bonds is 9. The smallest absolute Gasteiger partial charge is 0.239 e. The summed E-state index contributed by atoms with van der Waals surface area (Å²) in [6.07, 6.45) is 7.76. The van der Waals surface area contributed by atoms with Crippen LogP contribution >= 0.6 is 23.3 Å². The SMILES string of the molecule is COc1nc(N2CCC(N3CCN(C)CC3)CC2)ccc1Nc1nc(Nc2ccc3nccnc3c2N(C)SC)c2sccc2n1. The molecule has 46 heavy (non-hydrogen) atoms. The minimum Gasteiger partial charge on any atom is -0.479 e. The van der Waals surface area contributed by atoms with Gasteiger partial charge in [-0.25, -0.2) is 4.98 Å². The Balaban J connectivity index is 1.12. The van der Waals surface area contributed by atoms with Gasteiger partial charge >= 0.3 is 0 Å². The van der Waals surface area contributed by atoms with Gasteiger partial charge in [-0.2, -0.15) is 9.97 Å². The van der Waals surface area contributed by atoms with E-state index in [0.717, 1.165) is 90.6 Å². The first kappa shape index (κ1) is 30.7. The van der Waals surface area contributed by atoms with Crippen molar-refractivity contribution in [1.29, 1.82) is 0 Å². The molecule has 0 unspecified atom stereocenters. The number of pyridine rings is 1. The number of benzene rings is 1. The Morgan fingerprint density at radius 2 is 1.67 bits per heavy atom. The van der Waals surface area contributed by atoms with Crippen LogP contribution in [0.1, 0.15) is 12.8 Å². The topological polar surface area (TPSA) is 111 Å². The average Bonchev–Trinajstić information content (AvgIpc) is 3.58. The maximum absolute atomic E-state index is 5.77. The van der Waals surface area contributed by atoms with Crippen molar-refractivity contribution < 1.29 is 4.74 Å². The molecule has 2 aliphatic heterocycles. The number of hydrogen-bond acceptors (Lipinski definition) is 14. The van der Waals surface area contributed by atoms with Gasteiger partial charge in [0.05, 0.1) is 34.2 Å². The summed E-state index contributed by atoms with van der Waals surface area (Å²) in [6.45, 7) is 6.61. The molecule has 0 amide bonds. The first-order valence-electron chi connectivity index (χ1n) is 15.5. The van der Waals surface area contributed by atoms with Crippen molar-refractivity contribution in [3.05, 3.63) is 48.1 Å². The van der Waals surface area contributed by atoms with Gasteiger partial charge in [0, 0.05) is 71.0 Å². The Morgan fingerprint density at radius 3 is 2.46 bits per heavy atom. The third-order valence-electron chi connectivity index (χ3n) is 8.89. The third-order valence-corrected chi connectivity index (χ3v) is 10.5. The molecule has 2 saturated heterocycles. The van der Waals surface area contributed by atoms with E-state index in [1.807, 2.05) is 42.9 Å². The van der Waals surface area contributed by atoms with E-state index in [1.54, 1.807) is 42.8 Å². The van der Waals surface area contributed by atoms with Crippen LogP contribution in [0.15, 0.2) is 48.1 Å². The fourth-order valence-corrected chi connectivity index (χ4v) is 7.43. The largest absolute Gasteiger partial charge is 0.479 e. The van der Waals surface area contributed by atoms with Crippen molar-refractivity contribution in [2.75, 3.05) is 86.6 Å². The summed E-state index contributed by atoms with van der Waals surface area (Å²) in [6, 6.07) is 10.7. The molecular weight excluding hydrogens is 619 g/mol. The zero-order chi connectivity index (χ0) is 31.6. The van der Waals surface area contributed by atoms with Crippen molar-refractivity contribution >= 4 is 79.2 Å². The van der Waals surface area contributed by atoms with Crippen LogP contribution in [0.3, 0.4) is 0 Å². The number of piperidine rings is 1. The van der Waals surface area contributed by atoms with E-state index in [-0.39, 0.29) is 0 Å². The van der Waals surface area contributed by atoms with Crippen molar-refractivity contribution in [2.24, 2.45) is 0 Å². The zero-order valence-electron chi connectivity index (χ0n) is 26.6. The highest BCUT2D eigenvalue weighted by atomic mass is 32.2. The Hall–Kier alpha value is -3.98. The summed E-state index contributed by atoms with van der Waals surface area (Å²) in [5.74, 6) is 2.60. The molecule has 2 aliphatic rings.